The average molecular weight is 316 g/mol. The Labute approximate surface area is 116 Å². The van der Waals surface area contributed by atoms with Crippen LogP contribution >= 0.6 is 11.8 Å². The molecule has 1 N–H and O–H groups in total. The lowest BCUT2D eigenvalue weighted by Crippen LogP contribution is -2.33. The molecule has 1 aromatic rings. The summed E-state index contributed by atoms with van der Waals surface area (Å²) in [6.07, 6.45) is -6.43. The summed E-state index contributed by atoms with van der Waals surface area (Å²) in [6, 6.07) is 0. The number of nitrogens with zero attached hydrogens (tertiary/aromatic N) is 2. The normalized spacial score (nSPS) is 21.9. The summed E-state index contributed by atoms with van der Waals surface area (Å²) in [6.45, 7) is 0.192. The van der Waals surface area contributed by atoms with E-state index in [1.165, 1.54) is 11.8 Å². The second-order valence-corrected chi connectivity index (χ2v) is 5.57. The molecule has 0 amide bonds. The van der Waals surface area contributed by atoms with Gasteiger partial charge < -0.3 is 5.11 Å². The molecule has 9 heteroatoms. The van der Waals surface area contributed by atoms with Crippen molar-refractivity contribution in [3.63, 3.8) is 0 Å². The molecule has 1 atom stereocenters. The molecule has 1 aromatic heterocycles. The van der Waals surface area contributed by atoms with E-state index in [0.29, 0.717) is 5.75 Å². The van der Waals surface area contributed by atoms with Crippen LogP contribution in [0.2, 0.25) is 0 Å². The molecule has 0 radical (unpaired) electrons. The highest BCUT2D eigenvalue weighted by molar-refractivity contribution is 7.98. The summed E-state index contributed by atoms with van der Waals surface area (Å²) in [5.41, 5.74) is -2.11. The third kappa shape index (κ3) is 2.65. The maximum atomic E-state index is 13.4. The van der Waals surface area contributed by atoms with Gasteiger partial charge in [-0.2, -0.15) is 30.0 Å². The molecule has 2 rings (SSSR count). The Morgan fingerprint density at radius 3 is 2.65 bits per heavy atom. The van der Waals surface area contributed by atoms with Crippen LogP contribution < -0.4 is 0 Å². The quantitative estimate of drug-likeness (QED) is 0.872. The van der Waals surface area contributed by atoms with Gasteiger partial charge in [-0.1, -0.05) is 0 Å². The maximum absolute atomic E-state index is 13.4. The molecule has 20 heavy (non-hydrogen) atoms. The monoisotopic (exact) mass is 316 g/mol. The molecule has 0 unspecified atom stereocenters. The van der Waals surface area contributed by atoms with Crippen molar-refractivity contribution in [2.75, 3.05) is 12.0 Å². The van der Waals surface area contributed by atoms with E-state index in [1.807, 2.05) is 0 Å². The van der Waals surface area contributed by atoms with Crippen LogP contribution in [0.4, 0.5) is 22.0 Å². The van der Waals surface area contributed by atoms with Crippen LogP contribution in [0.15, 0.2) is 0 Å². The molecule has 1 heterocycles. The molecule has 3 nitrogen and oxygen atoms in total. The minimum atomic E-state index is -4.86. The van der Waals surface area contributed by atoms with Crippen LogP contribution in [0, 0.1) is 0 Å². The molecule has 0 spiro atoms. The number of aromatic nitrogens is 2. The van der Waals surface area contributed by atoms with Gasteiger partial charge in [-0.15, -0.1) is 0 Å². The predicted molar refractivity (Wildman–Crippen MR) is 63.8 cm³/mol. The van der Waals surface area contributed by atoms with E-state index in [1.54, 1.807) is 6.26 Å². The summed E-state index contributed by atoms with van der Waals surface area (Å²) in [4.78, 5) is 0. The van der Waals surface area contributed by atoms with Gasteiger partial charge in [0, 0.05) is 23.4 Å². The Morgan fingerprint density at radius 2 is 2.10 bits per heavy atom. The molecule has 0 saturated heterocycles. The van der Waals surface area contributed by atoms with Crippen molar-refractivity contribution in [3.05, 3.63) is 17.0 Å². The Hall–Kier alpha value is -0.830. The number of rotatable bonds is 3. The molecular weight excluding hydrogens is 303 g/mol. The number of halogens is 5. The molecule has 114 valence electrons. The van der Waals surface area contributed by atoms with Gasteiger partial charge in [0.2, 0.25) is 0 Å². The van der Waals surface area contributed by atoms with Crippen molar-refractivity contribution in [2.45, 2.75) is 37.6 Å². The van der Waals surface area contributed by atoms with E-state index < -0.39 is 35.9 Å². The molecule has 0 aliphatic heterocycles. The van der Waals surface area contributed by atoms with E-state index in [9.17, 15) is 27.1 Å². The molecule has 0 bridgehead atoms. The number of hydrogen-bond acceptors (Lipinski definition) is 3. The van der Waals surface area contributed by atoms with E-state index in [0.717, 1.165) is 4.68 Å². The number of fused-ring (bicyclic) bond motifs is 1. The Kier molecular flexibility index (Phi) is 4.03. The highest BCUT2D eigenvalue weighted by Crippen LogP contribution is 2.46. The van der Waals surface area contributed by atoms with Crippen molar-refractivity contribution in [3.8, 4) is 0 Å². The minimum absolute atomic E-state index is 0.0600. The zero-order valence-electron chi connectivity index (χ0n) is 10.5. The second kappa shape index (κ2) is 5.18. The molecule has 1 aliphatic rings. The largest absolute Gasteiger partial charge is 0.435 e. The zero-order valence-corrected chi connectivity index (χ0v) is 11.4. The number of hydrogen-bond donors (Lipinski definition) is 1. The standard InChI is InChI=1S/C11H13F5N2OS/c1-20-5-4-18-6-2-3-10(12,13)9(19)7(6)8(17-18)11(14,15)16/h9,19H,2-5H2,1H3/t9-/m0/s1. The Morgan fingerprint density at radius 1 is 1.45 bits per heavy atom. The SMILES string of the molecule is CSCCn1nc(C(F)(F)F)c2c1CCC(F)(F)[C@H]2O. The first-order chi connectivity index (χ1) is 9.18. The van der Waals surface area contributed by atoms with Crippen molar-refractivity contribution in [2.24, 2.45) is 0 Å². The van der Waals surface area contributed by atoms with E-state index >= 15 is 0 Å². The lowest BCUT2D eigenvalue weighted by atomic mass is 9.89. The first-order valence-electron chi connectivity index (χ1n) is 5.90. The predicted octanol–water partition coefficient (Wildman–Crippen LogP) is 2.88. The fourth-order valence-electron chi connectivity index (χ4n) is 2.27. The fraction of sp³-hybridized carbons (Fsp3) is 0.727. The Bertz CT molecular complexity index is 500. The van der Waals surface area contributed by atoms with Gasteiger partial charge in [0.05, 0.1) is 6.54 Å². The number of aliphatic hydroxyl groups is 1. The number of aliphatic hydroxyl groups excluding tert-OH is 1. The van der Waals surface area contributed by atoms with E-state index in [-0.39, 0.29) is 18.7 Å². The third-order valence-electron chi connectivity index (χ3n) is 3.24. The van der Waals surface area contributed by atoms with Gasteiger partial charge in [0.15, 0.2) is 5.69 Å². The first-order valence-corrected chi connectivity index (χ1v) is 7.29. The van der Waals surface area contributed by atoms with Gasteiger partial charge in [0.25, 0.3) is 5.92 Å². The molecule has 0 aromatic carbocycles. The highest BCUT2D eigenvalue weighted by Gasteiger charge is 2.51. The lowest BCUT2D eigenvalue weighted by Gasteiger charge is -2.28. The summed E-state index contributed by atoms with van der Waals surface area (Å²) in [5, 5.41) is 13.0. The van der Waals surface area contributed by atoms with Crippen LogP contribution in [0.3, 0.4) is 0 Å². The summed E-state index contributed by atoms with van der Waals surface area (Å²) >= 11 is 1.41. The third-order valence-corrected chi connectivity index (χ3v) is 3.83. The Balaban J connectivity index is 2.52. The fourth-order valence-corrected chi connectivity index (χ4v) is 2.62. The summed E-state index contributed by atoms with van der Waals surface area (Å²) < 4.78 is 66.7. The van der Waals surface area contributed by atoms with E-state index in [4.69, 9.17) is 0 Å². The van der Waals surface area contributed by atoms with Crippen LogP contribution in [0.25, 0.3) is 0 Å². The van der Waals surface area contributed by atoms with Crippen molar-refractivity contribution in [1.82, 2.24) is 9.78 Å². The second-order valence-electron chi connectivity index (χ2n) is 4.59. The summed E-state index contributed by atoms with van der Waals surface area (Å²) in [7, 11) is 0. The van der Waals surface area contributed by atoms with Gasteiger partial charge >= 0.3 is 6.18 Å². The molecule has 0 fully saturated rings. The van der Waals surface area contributed by atoms with Crippen LogP contribution in [-0.4, -0.2) is 32.8 Å². The smallest absolute Gasteiger partial charge is 0.382 e. The average Bonchev–Trinajstić information content (AvgIpc) is 2.70. The highest BCUT2D eigenvalue weighted by atomic mass is 32.2. The van der Waals surface area contributed by atoms with Crippen molar-refractivity contribution >= 4 is 11.8 Å². The first kappa shape index (κ1) is 15.6. The molecular formula is C11H13F5N2OS. The number of aryl methyl sites for hydroxylation is 1. The van der Waals surface area contributed by atoms with Crippen LogP contribution in [0.5, 0.6) is 0 Å². The number of thioether (sulfide) groups is 1. The van der Waals surface area contributed by atoms with Gasteiger partial charge in [-0.3, -0.25) is 4.68 Å². The molecule has 1 aliphatic carbocycles. The van der Waals surface area contributed by atoms with Crippen molar-refractivity contribution in [1.29, 1.82) is 0 Å². The lowest BCUT2D eigenvalue weighted by molar-refractivity contribution is -0.150. The van der Waals surface area contributed by atoms with Crippen LogP contribution in [-0.2, 0) is 19.1 Å². The van der Waals surface area contributed by atoms with Crippen LogP contribution in [0.1, 0.15) is 29.5 Å². The topological polar surface area (TPSA) is 38.0 Å². The minimum Gasteiger partial charge on any atom is -0.382 e. The van der Waals surface area contributed by atoms with Crippen molar-refractivity contribution < 1.29 is 27.1 Å². The summed E-state index contributed by atoms with van der Waals surface area (Å²) in [5.74, 6) is -3.04. The van der Waals surface area contributed by atoms with Gasteiger partial charge in [-0.25, -0.2) is 8.78 Å². The number of alkyl halides is 5. The molecule has 0 saturated carbocycles. The maximum Gasteiger partial charge on any atom is 0.435 e. The zero-order chi connectivity index (χ0) is 15.1. The van der Waals surface area contributed by atoms with Gasteiger partial charge in [-0.05, 0) is 12.7 Å². The van der Waals surface area contributed by atoms with Gasteiger partial charge in [0.1, 0.15) is 6.10 Å². The van der Waals surface area contributed by atoms with E-state index in [2.05, 4.69) is 5.10 Å².